The Morgan fingerprint density at radius 2 is 1.74 bits per heavy atom. The summed E-state index contributed by atoms with van der Waals surface area (Å²) in [6.07, 6.45) is 0. The summed E-state index contributed by atoms with van der Waals surface area (Å²) in [5.74, 6) is -1.42. The van der Waals surface area contributed by atoms with Gasteiger partial charge in [-0.1, -0.05) is 18.2 Å². The molecule has 0 aliphatic rings. The Kier molecular flexibility index (Phi) is 3.86. The first kappa shape index (κ1) is 15.2. The Balaban J connectivity index is 1.88. The molecule has 0 aliphatic carbocycles. The molecule has 1 unspecified atom stereocenters. The predicted octanol–water partition coefficient (Wildman–Crippen LogP) is 4.54. The summed E-state index contributed by atoms with van der Waals surface area (Å²) in [5.41, 5.74) is 0.694. The Hall–Kier alpha value is -2.69. The van der Waals surface area contributed by atoms with Gasteiger partial charge in [0, 0.05) is 24.1 Å². The van der Waals surface area contributed by atoms with Crippen LogP contribution in [-0.4, -0.2) is 17.9 Å². The van der Waals surface area contributed by atoms with Crippen LogP contribution in [0.5, 0.6) is 0 Å². The Labute approximate surface area is 132 Å². The SMILES string of the molecule is CC(c1cc2ccccc2o1)N(C)C(=O)c1cc(F)cc(F)c1. The summed E-state index contributed by atoms with van der Waals surface area (Å²) in [4.78, 5) is 13.8. The number of hydrogen-bond acceptors (Lipinski definition) is 2. The molecule has 0 N–H and O–H groups in total. The Morgan fingerprint density at radius 1 is 1.09 bits per heavy atom. The first-order valence-electron chi connectivity index (χ1n) is 7.17. The van der Waals surface area contributed by atoms with Crippen molar-refractivity contribution in [2.24, 2.45) is 0 Å². The molecule has 0 saturated carbocycles. The second-order valence-corrected chi connectivity index (χ2v) is 5.44. The fourth-order valence-corrected chi connectivity index (χ4v) is 2.46. The number of carbonyl (C=O) groups is 1. The number of rotatable bonds is 3. The van der Waals surface area contributed by atoms with Crippen molar-refractivity contribution in [2.75, 3.05) is 7.05 Å². The number of amides is 1. The van der Waals surface area contributed by atoms with Crippen LogP contribution in [0.1, 0.15) is 29.1 Å². The highest BCUT2D eigenvalue weighted by molar-refractivity contribution is 5.94. The maximum atomic E-state index is 13.3. The molecule has 23 heavy (non-hydrogen) atoms. The zero-order valence-electron chi connectivity index (χ0n) is 12.7. The van der Waals surface area contributed by atoms with Crippen molar-refractivity contribution in [3.8, 4) is 0 Å². The average molecular weight is 315 g/mol. The number of fused-ring (bicyclic) bond motifs is 1. The summed E-state index contributed by atoms with van der Waals surface area (Å²) in [6, 6.07) is 11.8. The fourth-order valence-electron chi connectivity index (χ4n) is 2.46. The summed E-state index contributed by atoms with van der Waals surface area (Å²) in [5, 5.41) is 0.937. The van der Waals surface area contributed by atoms with Gasteiger partial charge in [-0.15, -0.1) is 0 Å². The van der Waals surface area contributed by atoms with Crippen molar-refractivity contribution < 1.29 is 18.0 Å². The second-order valence-electron chi connectivity index (χ2n) is 5.44. The highest BCUT2D eigenvalue weighted by atomic mass is 19.1. The number of nitrogens with zero attached hydrogens (tertiary/aromatic N) is 1. The van der Waals surface area contributed by atoms with Gasteiger partial charge in [0.25, 0.3) is 5.91 Å². The smallest absolute Gasteiger partial charge is 0.254 e. The molecule has 1 atom stereocenters. The molecule has 1 aromatic heterocycles. The summed E-state index contributed by atoms with van der Waals surface area (Å²) in [7, 11) is 1.57. The van der Waals surface area contributed by atoms with Gasteiger partial charge in [-0.05, 0) is 31.2 Å². The number of carbonyl (C=O) groups excluding carboxylic acids is 1. The van der Waals surface area contributed by atoms with E-state index in [4.69, 9.17) is 4.42 Å². The normalized spacial score (nSPS) is 12.3. The van der Waals surface area contributed by atoms with Gasteiger partial charge >= 0.3 is 0 Å². The first-order valence-corrected chi connectivity index (χ1v) is 7.17. The van der Waals surface area contributed by atoms with E-state index in [0.717, 1.165) is 29.2 Å². The summed E-state index contributed by atoms with van der Waals surface area (Å²) in [6.45, 7) is 1.80. The molecule has 5 heteroatoms. The fraction of sp³-hybridized carbons (Fsp3) is 0.167. The number of furan rings is 1. The Morgan fingerprint density at radius 3 is 2.39 bits per heavy atom. The standard InChI is InChI=1S/C18H15F2NO2/c1-11(17-9-12-5-3-4-6-16(12)23-17)21(2)18(22)13-7-14(19)10-15(20)8-13/h3-11H,1-2H3. The van der Waals surface area contributed by atoms with Gasteiger partial charge < -0.3 is 9.32 Å². The second kappa shape index (κ2) is 5.83. The van der Waals surface area contributed by atoms with Gasteiger partial charge in [0.1, 0.15) is 23.0 Å². The van der Waals surface area contributed by atoms with E-state index in [1.165, 1.54) is 4.90 Å². The van der Waals surface area contributed by atoms with Crippen molar-refractivity contribution in [1.82, 2.24) is 4.90 Å². The predicted molar refractivity (Wildman–Crippen MR) is 83.1 cm³/mol. The van der Waals surface area contributed by atoms with Crippen LogP contribution >= 0.6 is 0 Å². The van der Waals surface area contributed by atoms with E-state index in [-0.39, 0.29) is 11.6 Å². The first-order chi connectivity index (χ1) is 11.0. The van der Waals surface area contributed by atoms with Crippen LogP contribution in [0.4, 0.5) is 8.78 Å². The minimum Gasteiger partial charge on any atom is -0.459 e. The molecule has 1 heterocycles. The lowest BCUT2D eigenvalue weighted by Gasteiger charge is -2.23. The number of halogens is 2. The number of para-hydroxylation sites is 1. The van der Waals surface area contributed by atoms with Gasteiger partial charge in [0.05, 0.1) is 6.04 Å². The molecular formula is C18H15F2NO2. The third kappa shape index (κ3) is 2.95. The third-order valence-corrected chi connectivity index (χ3v) is 3.87. The van der Waals surface area contributed by atoms with Crippen molar-refractivity contribution >= 4 is 16.9 Å². The maximum absolute atomic E-state index is 13.3. The lowest BCUT2D eigenvalue weighted by atomic mass is 10.1. The molecule has 3 nitrogen and oxygen atoms in total. The van der Waals surface area contributed by atoms with Crippen LogP contribution in [0.15, 0.2) is 52.9 Å². The highest BCUT2D eigenvalue weighted by Crippen LogP contribution is 2.27. The lowest BCUT2D eigenvalue weighted by molar-refractivity contribution is 0.0726. The zero-order chi connectivity index (χ0) is 16.6. The molecule has 1 amide bonds. The topological polar surface area (TPSA) is 33.5 Å². The van der Waals surface area contributed by atoms with Crippen LogP contribution in [0, 0.1) is 11.6 Å². The van der Waals surface area contributed by atoms with Crippen LogP contribution in [-0.2, 0) is 0 Å². The van der Waals surface area contributed by atoms with E-state index >= 15 is 0 Å². The van der Waals surface area contributed by atoms with Gasteiger partial charge in [0.2, 0.25) is 0 Å². The van der Waals surface area contributed by atoms with E-state index in [9.17, 15) is 13.6 Å². The average Bonchev–Trinajstić information content (AvgIpc) is 2.95. The lowest BCUT2D eigenvalue weighted by Crippen LogP contribution is -2.29. The quantitative estimate of drug-likeness (QED) is 0.711. The van der Waals surface area contributed by atoms with Crippen LogP contribution in [0.2, 0.25) is 0 Å². The minimum atomic E-state index is -0.779. The molecule has 0 bridgehead atoms. The minimum absolute atomic E-state index is 0.0343. The number of benzene rings is 2. The van der Waals surface area contributed by atoms with E-state index in [1.807, 2.05) is 30.3 Å². The van der Waals surface area contributed by atoms with Crippen molar-refractivity contribution in [1.29, 1.82) is 0 Å². The molecule has 2 aromatic carbocycles. The molecule has 3 aromatic rings. The molecule has 118 valence electrons. The van der Waals surface area contributed by atoms with Gasteiger partial charge in [-0.3, -0.25) is 4.79 Å². The number of hydrogen-bond donors (Lipinski definition) is 0. The summed E-state index contributed by atoms with van der Waals surface area (Å²) < 4.78 is 32.3. The van der Waals surface area contributed by atoms with Crippen LogP contribution in [0.25, 0.3) is 11.0 Å². The molecule has 0 aliphatic heterocycles. The highest BCUT2D eigenvalue weighted by Gasteiger charge is 2.22. The van der Waals surface area contributed by atoms with Gasteiger partial charge in [0.15, 0.2) is 0 Å². The van der Waals surface area contributed by atoms with Crippen molar-refractivity contribution in [3.63, 3.8) is 0 Å². The van der Waals surface area contributed by atoms with Crippen molar-refractivity contribution in [2.45, 2.75) is 13.0 Å². The van der Waals surface area contributed by atoms with E-state index in [2.05, 4.69) is 0 Å². The molecule has 0 fully saturated rings. The van der Waals surface area contributed by atoms with E-state index in [1.54, 1.807) is 14.0 Å². The molecule has 0 radical (unpaired) electrons. The molecule has 3 rings (SSSR count). The largest absolute Gasteiger partial charge is 0.459 e. The molecule has 0 spiro atoms. The van der Waals surface area contributed by atoms with Crippen molar-refractivity contribution in [3.05, 3.63) is 71.5 Å². The summed E-state index contributed by atoms with van der Waals surface area (Å²) >= 11 is 0. The third-order valence-electron chi connectivity index (χ3n) is 3.87. The molecule has 0 saturated heterocycles. The van der Waals surface area contributed by atoms with Crippen LogP contribution in [0.3, 0.4) is 0 Å². The maximum Gasteiger partial charge on any atom is 0.254 e. The van der Waals surface area contributed by atoms with Gasteiger partial charge in [-0.25, -0.2) is 8.78 Å². The zero-order valence-corrected chi connectivity index (χ0v) is 12.7. The van der Waals surface area contributed by atoms with E-state index < -0.39 is 17.5 Å². The molecular weight excluding hydrogens is 300 g/mol. The Bertz CT molecular complexity index is 819. The van der Waals surface area contributed by atoms with E-state index in [0.29, 0.717) is 5.76 Å². The monoisotopic (exact) mass is 315 g/mol. The van der Waals surface area contributed by atoms with Gasteiger partial charge in [-0.2, -0.15) is 0 Å². The van der Waals surface area contributed by atoms with Crippen LogP contribution < -0.4 is 0 Å².